The van der Waals surface area contributed by atoms with Crippen molar-refractivity contribution in [2.75, 3.05) is 20.2 Å². The summed E-state index contributed by atoms with van der Waals surface area (Å²) in [5.74, 6) is 1.30. The zero-order chi connectivity index (χ0) is 16.2. The minimum atomic E-state index is -0.0631. The van der Waals surface area contributed by atoms with E-state index in [-0.39, 0.29) is 23.7 Å². The van der Waals surface area contributed by atoms with Crippen molar-refractivity contribution in [1.29, 1.82) is 0 Å². The molecule has 0 N–H and O–H groups in total. The molecule has 1 aromatic rings. The normalized spacial score (nSPS) is 22.2. The summed E-state index contributed by atoms with van der Waals surface area (Å²) in [6, 6.07) is 3.41. The average molecular weight is 319 g/mol. The fourth-order valence-corrected chi connectivity index (χ4v) is 3.12. The summed E-state index contributed by atoms with van der Waals surface area (Å²) in [6.45, 7) is 1.26. The summed E-state index contributed by atoms with van der Waals surface area (Å²) in [4.78, 5) is 25.6. The van der Waals surface area contributed by atoms with Crippen LogP contribution in [0, 0.1) is 5.92 Å². The molecule has 7 nitrogen and oxygen atoms in total. The molecule has 1 aromatic heterocycles. The van der Waals surface area contributed by atoms with E-state index in [1.807, 2.05) is 4.90 Å². The highest BCUT2D eigenvalue weighted by atomic mass is 16.5. The molecule has 0 bridgehead atoms. The van der Waals surface area contributed by atoms with Gasteiger partial charge in [0.15, 0.2) is 0 Å². The zero-order valence-corrected chi connectivity index (χ0v) is 13.2. The molecule has 0 radical (unpaired) electrons. The van der Waals surface area contributed by atoms with Crippen molar-refractivity contribution in [3.8, 4) is 11.8 Å². The molecular weight excluding hydrogens is 298 g/mol. The molecular formula is C16H21N3O4. The van der Waals surface area contributed by atoms with E-state index in [1.54, 1.807) is 12.1 Å². The van der Waals surface area contributed by atoms with E-state index in [9.17, 15) is 9.59 Å². The summed E-state index contributed by atoms with van der Waals surface area (Å²) in [5, 5.41) is 7.81. The van der Waals surface area contributed by atoms with Gasteiger partial charge in [-0.25, -0.2) is 0 Å². The number of nitrogens with zero attached hydrogens (tertiary/aromatic N) is 3. The minimum absolute atomic E-state index is 0.00720. The van der Waals surface area contributed by atoms with Gasteiger partial charge in [-0.2, -0.15) is 0 Å². The molecule has 0 aromatic carbocycles. The monoisotopic (exact) mass is 319 g/mol. The number of carbonyl (C=O) groups excluding carboxylic acids is 2. The lowest BCUT2D eigenvalue weighted by Crippen LogP contribution is -2.37. The number of hydrogen-bond donors (Lipinski definition) is 0. The minimum Gasteiger partial charge on any atom is -0.480 e. The largest absolute Gasteiger partial charge is 0.480 e. The molecule has 1 unspecified atom stereocenters. The van der Waals surface area contributed by atoms with Gasteiger partial charge in [0.05, 0.1) is 13.7 Å². The van der Waals surface area contributed by atoms with Crippen LogP contribution in [-0.2, 0) is 9.59 Å². The first-order valence-corrected chi connectivity index (χ1v) is 8.00. The number of ether oxygens (including phenoxy) is 2. The van der Waals surface area contributed by atoms with Crippen molar-refractivity contribution in [1.82, 2.24) is 15.1 Å². The Bertz CT molecular complexity index is 565. The van der Waals surface area contributed by atoms with Crippen LogP contribution in [0.3, 0.4) is 0 Å². The number of amides is 1. The molecule has 1 saturated carbocycles. The van der Waals surface area contributed by atoms with Crippen molar-refractivity contribution >= 4 is 11.7 Å². The number of methoxy groups -OCH3 is 1. The fourth-order valence-electron chi connectivity index (χ4n) is 3.12. The van der Waals surface area contributed by atoms with E-state index in [0.29, 0.717) is 50.5 Å². The van der Waals surface area contributed by atoms with Gasteiger partial charge in [0.2, 0.25) is 17.7 Å². The Morgan fingerprint density at radius 3 is 2.52 bits per heavy atom. The Hall–Kier alpha value is -2.18. The summed E-state index contributed by atoms with van der Waals surface area (Å²) in [7, 11) is 1.53. The lowest BCUT2D eigenvalue weighted by molar-refractivity contribution is -0.136. The number of carbonyl (C=O) groups is 2. The molecule has 3 rings (SSSR count). The molecule has 1 aliphatic heterocycles. The fraction of sp³-hybridized carbons (Fsp3) is 0.625. The van der Waals surface area contributed by atoms with Gasteiger partial charge in [0, 0.05) is 43.9 Å². The molecule has 2 heterocycles. The third-order valence-electron chi connectivity index (χ3n) is 4.46. The number of aromatic nitrogens is 2. The molecule has 23 heavy (non-hydrogen) atoms. The van der Waals surface area contributed by atoms with E-state index in [0.717, 1.165) is 6.42 Å². The maximum atomic E-state index is 12.5. The Morgan fingerprint density at radius 2 is 1.87 bits per heavy atom. The molecule has 2 fully saturated rings. The quantitative estimate of drug-likeness (QED) is 0.830. The van der Waals surface area contributed by atoms with Gasteiger partial charge in [-0.05, 0) is 12.8 Å². The van der Waals surface area contributed by atoms with E-state index in [1.165, 1.54) is 7.11 Å². The van der Waals surface area contributed by atoms with E-state index < -0.39 is 0 Å². The van der Waals surface area contributed by atoms with Crippen LogP contribution in [0.25, 0.3) is 0 Å². The van der Waals surface area contributed by atoms with Gasteiger partial charge >= 0.3 is 0 Å². The first-order valence-electron chi connectivity index (χ1n) is 8.00. The maximum Gasteiger partial charge on any atom is 0.233 e. The smallest absolute Gasteiger partial charge is 0.233 e. The van der Waals surface area contributed by atoms with E-state index in [4.69, 9.17) is 9.47 Å². The van der Waals surface area contributed by atoms with Crippen LogP contribution in [0.2, 0.25) is 0 Å². The van der Waals surface area contributed by atoms with Crippen molar-refractivity contribution in [2.24, 2.45) is 5.92 Å². The lowest BCUT2D eigenvalue weighted by atomic mass is 9.87. The van der Waals surface area contributed by atoms with Crippen LogP contribution in [-0.4, -0.2) is 53.1 Å². The van der Waals surface area contributed by atoms with Crippen molar-refractivity contribution in [3.63, 3.8) is 0 Å². The Labute approximate surface area is 135 Å². The molecule has 1 atom stereocenters. The Balaban J connectivity index is 1.51. The zero-order valence-electron chi connectivity index (χ0n) is 13.2. The number of likely N-dealkylation sites (tertiary alicyclic amines) is 1. The summed E-state index contributed by atoms with van der Waals surface area (Å²) < 4.78 is 10.7. The van der Waals surface area contributed by atoms with Crippen LogP contribution in [0.1, 0.15) is 32.1 Å². The first-order chi connectivity index (χ1) is 11.2. The predicted octanol–water partition coefficient (Wildman–Crippen LogP) is 1.22. The first kappa shape index (κ1) is 15.7. The maximum absolute atomic E-state index is 12.5. The highest BCUT2D eigenvalue weighted by Gasteiger charge is 2.33. The lowest BCUT2D eigenvalue weighted by Gasteiger charge is -2.25. The van der Waals surface area contributed by atoms with Crippen LogP contribution in [0.4, 0.5) is 0 Å². The molecule has 1 aliphatic carbocycles. The molecule has 0 spiro atoms. The van der Waals surface area contributed by atoms with Crippen molar-refractivity contribution < 1.29 is 19.1 Å². The van der Waals surface area contributed by atoms with Crippen LogP contribution in [0.15, 0.2) is 12.1 Å². The summed E-state index contributed by atoms with van der Waals surface area (Å²) in [5.41, 5.74) is 0. The second kappa shape index (κ2) is 6.93. The number of Topliss-reactive ketones (excluding diaryl/α,β-unsaturated/α-hetero) is 1. The summed E-state index contributed by atoms with van der Waals surface area (Å²) >= 11 is 0. The number of rotatable bonds is 4. The average Bonchev–Trinajstić information content (AvgIpc) is 3.04. The topological polar surface area (TPSA) is 81.6 Å². The van der Waals surface area contributed by atoms with E-state index >= 15 is 0 Å². The molecule has 1 amide bonds. The highest BCUT2D eigenvalue weighted by molar-refractivity contribution is 5.84. The molecule has 2 aliphatic rings. The second-order valence-corrected chi connectivity index (χ2v) is 6.04. The highest BCUT2D eigenvalue weighted by Crippen LogP contribution is 2.26. The SMILES string of the molecule is COc1ccc(OC2CCN(C(=O)C3CCC(=O)CC3)C2)nn1. The molecule has 124 valence electrons. The van der Waals surface area contributed by atoms with Crippen LogP contribution >= 0.6 is 0 Å². The van der Waals surface area contributed by atoms with Crippen molar-refractivity contribution in [2.45, 2.75) is 38.2 Å². The van der Waals surface area contributed by atoms with Crippen molar-refractivity contribution in [3.05, 3.63) is 12.1 Å². The molecule has 1 saturated heterocycles. The second-order valence-electron chi connectivity index (χ2n) is 6.04. The third kappa shape index (κ3) is 3.78. The van der Waals surface area contributed by atoms with Gasteiger partial charge in [0.1, 0.15) is 11.9 Å². The predicted molar refractivity (Wildman–Crippen MR) is 81.2 cm³/mol. The Kier molecular flexibility index (Phi) is 4.73. The Morgan fingerprint density at radius 1 is 1.17 bits per heavy atom. The molecule has 7 heteroatoms. The van der Waals surface area contributed by atoms with Gasteiger partial charge < -0.3 is 14.4 Å². The van der Waals surface area contributed by atoms with Crippen LogP contribution < -0.4 is 9.47 Å². The standard InChI is InChI=1S/C16H21N3O4/c1-22-14-6-7-15(18-17-14)23-13-8-9-19(10-13)16(21)11-2-4-12(20)5-3-11/h6-7,11,13H,2-5,8-10H2,1H3. The van der Waals surface area contributed by atoms with Gasteiger partial charge in [0.25, 0.3) is 0 Å². The number of ketones is 1. The third-order valence-corrected chi connectivity index (χ3v) is 4.46. The number of hydrogen-bond acceptors (Lipinski definition) is 6. The summed E-state index contributed by atoms with van der Waals surface area (Å²) in [6.07, 6.45) is 3.15. The van der Waals surface area contributed by atoms with Gasteiger partial charge in [-0.3, -0.25) is 9.59 Å². The van der Waals surface area contributed by atoms with Gasteiger partial charge in [-0.15, -0.1) is 10.2 Å². The van der Waals surface area contributed by atoms with Gasteiger partial charge in [-0.1, -0.05) is 0 Å². The van der Waals surface area contributed by atoms with Crippen LogP contribution in [0.5, 0.6) is 11.8 Å². The van der Waals surface area contributed by atoms with E-state index in [2.05, 4.69) is 10.2 Å².